The van der Waals surface area contributed by atoms with Crippen LogP contribution in [0.4, 0.5) is 0 Å². The lowest BCUT2D eigenvalue weighted by Crippen LogP contribution is -2.39. The SMILES string of the molecule is CCCCOc1cccc(-c2nnc(CCC(=O)N3CCC(Cc4ccccc4)CC3)c(=O)[nH]2)c1. The monoisotopic (exact) mass is 474 g/mol. The summed E-state index contributed by atoms with van der Waals surface area (Å²) in [6.07, 6.45) is 5.68. The van der Waals surface area contributed by atoms with Gasteiger partial charge in [0.2, 0.25) is 5.91 Å². The highest BCUT2D eigenvalue weighted by molar-refractivity contribution is 5.76. The summed E-state index contributed by atoms with van der Waals surface area (Å²) in [5.41, 5.74) is 2.08. The summed E-state index contributed by atoms with van der Waals surface area (Å²) < 4.78 is 5.74. The van der Waals surface area contributed by atoms with Crippen molar-refractivity contribution in [2.75, 3.05) is 19.7 Å². The van der Waals surface area contributed by atoms with E-state index in [0.717, 1.165) is 56.5 Å². The molecule has 3 aromatic rings. The zero-order chi connectivity index (χ0) is 24.5. The summed E-state index contributed by atoms with van der Waals surface area (Å²) in [6.45, 7) is 4.31. The summed E-state index contributed by atoms with van der Waals surface area (Å²) in [7, 11) is 0. The Balaban J connectivity index is 1.27. The van der Waals surface area contributed by atoms with E-state index >= 15 is 0 Å². The molecule has 1 fully saturated rings. The molecule has 1 aromatic heterocycles. The standard InChI is InChI=1S/C28H34N4O3/c1-2-3-18-35-24-11-7-10-23(20-24)27-29-28(34)25(30-31-27)12-13-26(33)32-16-14-22(15-17-32)19-21-8-5-4-6-9-21/h4-11,20,22H,2-3,12-19H2,1H3,(H,29,31,34). The number of nitrogens with zero attached hydrogens (tertiary/aromatic N) is 3. The zero-order valence-corrected chi connectivity index (χ0v) is 20.4. The summed E-state index contributed by atoms with van der Waals surface area (Å²) in [5.74, 6) is 1.82. The van der Waals surface area contributed by atoms with Crippen LogP contribution in [0, 0.1) is 5.92 Å². The van der Waals surface area contributed by atoms with Crippen LogP contribution in [-0.2, 0) is 17.6 Å². The topological polar surface area (TPSA) is 88.2 Å². The van der Waals surface area contributed by atoms with Crippen LogP contribution in [0.2, 0.25) is 0 Å². The van der Waals surface area contributed by atoms with Crippen molar-refractivity contribution in [1.82, 2.24) is 20.1 Å². The van der Waals surface area contributed by atoms with Gasteiger partial charge in [0.15, 0.2) is 5.82 Å². The number of carbonyl (C=O) groups excluding carboxylic acids is 1. The van der Waals surface area contributed by atoms with Crippen molar-refractivity contribution in [3.63, 3.8) is 0 Å². The molecule has 1 saturated heterocycles. The highest BCUT2D eigenvalue weighted by Crippen LogP contribution is 2.23. The number of amides is 1. The predicted molar refractivity (Wildman–Crippen MR) is 136 cm³/mol. The fourth-order valence-electron chi connectivity index (χ4n) is 4.44. The number of nitrogens with one attached hydrogen (secondary N) is 1. The molecule has 1 aliphatic heterocycles. The molecule has 35 heavy (non-hydrogen) atoms. The number of likely N-dealkylation sites (tertiary alicyclic amines) is 1. The number of aromatic amines is 1. The van der Waals surface area contributed by atoms with Crippen LogP contribution in [-0.4, -0.2) is 45.7 Å². The van der Waals surface area contributed by atoms with E-state index in [-0.39, 0.29) is 30.0 Å². The number of aryl methyl sites for hydroxylation is 1. The summed E-state index contributed by atoms with van der Waals surface area (Å²) >= 11 is 0. The third-order valence-corrected chi connectivity index (χ3v) is 6.55. The van der Waals surface area contributed by atoms with Crippen molar-refractivity contribution in [3.8, 4) is 17.1 Å². The van der Waals surface area contributed by atoms with Gasteiger partial charge in [-0.3, -0.25) is 9.59 Å². The van der Waals surface area contributed by atoms with Crippen molar-refractivity contribution in [3.05, 3.63) is 76.2 Å². The first-order chi connectivity index (χ1) is 17.1. The number of piperidine rings is 1. The first-order valence-corrected chi connectivity index (χ1v) is 12.6. The summed E-state index contributed by atoms with van der Waals surface area (Å²) in [5, 5.41) is 8.33. The van der Waals surface area contributed by atoms with E-state index in [1.54, 1.807) is 0 Å². The van der Waals surface area contributed by atoms with E-state index in [9.17, 15) is 9.59 Å². The molecule has 7 heteroatoms. The number of unbranched alkanes of at least 4 members (excludes halogenated alkanes) is 1. The number of rotatable bonds is 10. The molecule has 4 rings (SSSR count). The maximum Gasteiger partial charge on any atom is 0.273 e. The van der Waals surface area contributed by atoms with Gasteiger partial charge in [0.1, 0.15) is 11.4 Å². The first-order valence-electron chi connectivity index (χ1n) is 12.6. The first kappa shape index (κ1) is 24.6. The molecular weight excluding hydrogens is 440 g/mol. The Bertz CT molecular complexity index is 1150. The Kier molecular flexibility index (Phi) is 8.65. The number of hydrogen-bond acceptors (Lipinski definition) is 5. The molecule has 0 aliphatic carbocycles. The minimum absolute atomic E-state index is 0.0744. The molecular formula is C28H34N4O3. The zero-order valence-electron chi connectivity index (χ0n) is 20.4. The van der Waals surface area contributed by atoms with Crippen molar-refractivity contribution in [2.24, 2.45) is 5.92 Å². The smallest absolute Gasteiger partial charge is 0.273 e. The Morgan fingerprint density at radius 3 is 2.63 bits per heavy atom. The van der Waals surface area contributed by atoms with Gasteiger partial charge in [-0.05, 0) is 49.3 Å². The lowest BCUT2D eigenvalue weighted by molar-refractivity contribution is -0.132. The lowest BCUT2D eigenvalue weighted by atomic mass is 9.90. The average Bonchev–Trinajstić information content (AvgIpc) is 2.89. The summed E-state index contributed by atoms with van der Waals surface area (Å²) in [4.78, 5) is 30.1. The van der Waals surface area contributed by atoms with Gasteiger partial charge in [-0.1, -0.05) is 55.8 Å². The van der Waals surface area contributed by atoms with Crippen LogP contribution in [0.1, 0.15) is 50.3 Å². The molecule has 2 heterocycles. The molecule has 0 saturated carbocycles. The molecule has 0 bridgehead atoms. The van der Waals surface area contributed by atoms with E-state index in [0.29, 0.717) is 18.3 Å². The van der Waals surface area contributed by atoms with Gasteiger partial charge in [-0.25, -0.2) is 0 Å². The quantitative estimate of drug-likeness (QED) is 0.439. The Hall–Kier alpha value is -3.48. The third kappa shape index (κ3) is 7.01. The molecule has 2 aromatic carbocycles. The van der Waals surface area contributed by atoms with E-state index in [1.807, 2.05) is 35.2 Å². The van der Waals surface area contributed by atoms with E-state index in [2.05, 4.69) is 46.4 Å². The third-order valence-electron chi connectivity index (χ3n) is 6.55. The number of ether oxygens (including phenoxy) is 1. The Morgan fingerprint density at radius 1 is 1.09 bits per heavy atom. The van der Waals surface area contributed by atoms with E-state index in [1.165, 1.54) is 5.56 Å². The minimum Gasteiger partial charge on any atom is -0.494 e. The molecule has 1 amide bonds. The molecule has 1 aliphatic rings. The average molecular weight is 475 g/mol. The van der Waals surface area contributed by atoms with E-state index in [4.69, 9.17) is 4.74 Å². The largest absolute Gasteiger partial charge is 0.494 e. The van der Waals surface area contributed by atoms with Crippen molar-refractivity contribution in [1.29, 1.82) is 0 Å². The molecule has 184 valence electrons. The Morgan fingerprint density at radius 2 is 1.89 bits per heavy atom. The van der Waals surface area contributed by atoms with Crippen molar-refractivity contribution in [2.45, 2.75) is 51.9 Å². The number of benzene rings is 2. The van der Waals surface area contributed by atoms with Crippen LogP contribution < -0.4 is 10.3 Å². The molecule has 1 N–H and O–H groups in total. The van der Waals surface area contributed by atoms with Gasteiger partial charge in [-0.15, -0.1) is 10.2 Å². The molecule has 0 radical (unpaired) electrons. The second kappa shape index (κ2) is 12.3. The number of H-pyrrole nitrogens is 1. The second-order valence-electron chi connectivity index (χ2n) is 9.19. The summed E-state index contributed by atoms with van der Waals surface area (Å²) in [6, 6.07) is 18.0. The van der Waals surface area contributed by atoms with Crippen LogP contribution >= 0.6 is 0 Å². The minimum atomic E-state index is -0.304. The lowest BCUT2D eigenvalue weighted by Gasteiger charge is -2.32. The van der Waals surface area contributed by atoms with Crippen LogP contribution in [0.5, 0.6) is 5.75 Å². The second-order valence-corrected chi connectivity index (χ2v) is 9.19. The number of hydrogen-bond donors (Lipinski definition) is 1. The van der Waals surface area contributed by atoms with Gasteiger partial charge in [0.05, 0.1) is 6.61 Å². The van der Waals surface area contributed by atoms with Gasteiger partial charge in [0.25, 0.3) is 5.56 Å². The fraction of sp³-hybridized carbons (Fsp3) is 0.429. The van der Waals surface area contributed by atoms with E-state index < -0.39 is 0 Å². The maximum atomic E-state index is 12.7. The molecule has 0 atom stereocenters. The predicted octanol–water partition coefficient (Wildman–Crippen LogP) is 4.42. The molecule has 0 spiro atoms. The van der Waals surface area contributed by atoms with Gasteiger partial charge in [-0.2, -0.15) is 0 Å². The molecule has 7 nitrogen and oxygen atoms in total. The highest BCUT2D eigenvalue weighted by Gasteiger charge is 2.23. The van der Waals surface area contributed by atoms with Gasteiger partial charge < -0.3 is 14.6 Å². The Labute approximate surface area is 206 Å². The highest BCUT2D eigenvalue weighted by atomic mass is 16.5. The van der Waals surface area contributed by atoms with Crippen LogP contribution in [0.25, 0.3) is 11.4 Å². The number of carbonyl (C=O) groups is 1. The van der Waals surface area contributed by atoms with Crippen LogP contribution in [0.3, 0.4) is 0 Å². The maximum absolute atomic E-state index is 12.7. The van der Waals surface area contributed by atoms with Gasteiger partial charge >= 0.3 is 0 Å². The normalized spacial score (nSPS) is 14.1. The van der Waals surface area contributed by atoms with Crippen molar-refractivity contribution >= 4 is 5.91 Å². The van der Waals surface area contributed by atoms with Crippen molar-refractivity contribution < 1.29 is 9.53 Å². The van der Waals surface area contributed by atoms with Gasteiger partial charge in [0, 0.05) is 31.5 Å². The fourth-order valence-corrected chi connectivity index (χ4v) is 4.44. The number of aromatic nitrogens is 3. The van der Waals surface area contributed by atoms with Crippen LogP contribution in [0.15, 0.2) is 59.4 Å². The molecule has 0 unspecified atom stereocenters.